The summed E-state index contributed by atoms with van der Waals surface area (Å²) in [4.78, 5) is 0. The monoisotopic (exact) mass is 420 g/mol. The van der Waals surface area contributed by atoms with Crippen molar-refractivity contribution in [2.24, 2.45) is 0 Å². The van der Waals surface area contributed by atoms with Crippen LogP contribution in [-0.4, -0.2) is 29.0 Å². The van der Waals surface area contributed by atoms with Gasteiger partial charge in [-0.05, 0) is 19.3 Å². The van der Waals surface area contributed by atoms with Crippen molar-refractivity contribution in [2.75, 3.05) is 18.5 Å². The van der Waals surface area contributed by atoms with Gasteiger partial charge in [-0.1, -0.05) is 117 Å². The Kier molecular flexibility index (Phi) is 27.3. The molecule has 0 aromatic heterocycles. The lowest BCUT2D eigenvalue weighted by molar-refractivity contribution is -0.176. The van der Waals surface area contributed by atoms with E-state index < -0.39 is 7.14 Å². The number of rotatable bonds is 21. The van der Waals surface area contributed by atoms with E-state index in [0.29, 0.717) is 0 Å². The van der Waals surface area contributed by atoms with Crippen LogP contribution in [0.4, 0.5) is 0 Å². The molecule has 0 unspecified atom stereocenters. The molecule has 0 aliphatic heterocycles. The smallest absolute Gasteiger partial charge is 0.0877 e. The Balaban J connectivity index is 0. The summed E-state index contributed by atoms with van der Waals surface area (Å²) < 4.78 is 13.5. The second-order valence-electron chi connectivity index (χ2n) is 8.53. The minimum absolute atomic E-state index is 1.04. The van der Waals surface area contributed by atoms with Crippen molar-refractivity contribution in [1.82, 2.24) is 0 Å². The second kappa shape index (κ2) is 25.2. The lowest BCUT2D eigenvalue weighted by Gasteiger charge is -2.18. The SMILES string of the molecule is CCCCCCCCP(=O)(CCCCCCCC)CCCCCCCC.OO. The van der Waals surface area contributed by atoms with E-state index >= 15 is 0 Å². The molecule has 0 fully saturated rings. The maximum absolute atomic E-state index is 13.5. The first-order valence-electron chi connectivity index (χ1n) is 12.5. The van der Waals surface area contributed by atoms with Gasteiger partial charge in [0.25, 0.3) is 0 Å². The summed E-state index contributed by atoms with van der Waals surface area (Å²) in [6.07, 6.45) is 26.9. The van der Waals surface area contributed by atoms with Crippen LogP contribution in [0.25, 0.3) is 0 Å². The summed E-state index contributed by atoms with van der Waals surface area (Å²) in [6.45, 7) is 6.82. The highest BCUT2D eigenvalue weighted by Crippen LogP contribution is 2.48. The summed E-state index contributed by atoms with van der Waals surface area (Å²) in [5.41, 5.74) is 0. The van der Waals surface area contributed by atoms with Crippen molar-refractivity contribution in [3.63, 3.8) is 0 Å². The molecule has 4 heteroatoms. The van der Waals surface area contributed by atoms with Crippen LogP contribution >= 0.6 is 7.14 Å². The molecule has 0 spiro atoms. The van der Waals surface area contributed by atoms with Crippen LogP contribution in [0.5, 0.6) is 0 Å². The van der Waals surface area contributed by atoms with Gasteiger partial charge in [0.2, 0.25) is 0 Å². The molecule has 0 bridgehead atoms. The average molecular weight is 421 g/mol. The third-order valence-corrected chi connectivity index (χ3v) is 9.15. The van der Waals surface area contributed by atoms with Gasteiger partial charge in [0.05, 0.1) is 7.14 Å². The number of hydrogen-bond acceptors (Lipinski definition) is 3. The summed E-state index contributed by atoms with van der Waals surface area (Å²) in [5, 5.41) is 12.0. The van der Waals surface area contributed by atoms with E-state index in [2.05, 4.69) is 20.8 Å². The van der Waals surface area contributed by atoms with E-state index in [0.717, 1.165) is 18.5 Å². The summed E-state index contributed by atoms with van der Waals surface area (Å²) in [7, 11) is -1.89. The minimum Gasteiger partial charge on any atom is -0.324 e. The minimum atomic E-state index is -1.89. The van der Waals surface area contributed by atoms with Crippen LogP contribution in [0, 0.1) is 0 Å². The highest BCUT2D eigenvalue weighted by Gasteiger charge is 2.20. The fourth-order valence-electron chi connectivity index (χ4n) is 3.88. The topological polar surface area (TPSA) is 57.5 Å². The van der Waals surface area contributed by atoms with Crippen molar-refractivity contribution >= 4 is 7.14 Å². The van der Waals surface area contributed by atoms with Crippen molar-refractivity contribution in [2.45, 2.75) is 136 Å². The molecule has 0 aliphatic rings. The summed E-state index contributed by atoms with van der Waals surface area (Å²) in [6, 6.07) is 0. The van der Waals surface area contributed by atoms with Gasteiger partial charge in [-0.25, -0.2) is 0 Å². The van der Waals surface area contributed by atoms with E-state index in [-0.39, 0.29) is 0 Å². The molecular weight excluding hydrogens is 367 g/mol. The van der Waals surface area contributed by atoms with Crippen LogP contribution in [0.2, 0.25) is 0 Å². The zero-order chi connectivity index (χ0) is 21.3. The summed E-state index contributed by atoms with van der Waals surface area (Å²) >= 11 is 0. The number of hydrogen-bond donors (Lipinski definition) is 2. The second-order valence-corrected chi connectivity index (χ2v) is 12.0. The van der Waals surface area contributed by atoms with Crippen molar-refractivity contribution in [1.29, 1.82) is 0 Å². The molecule has 0 aromatic carbocycles. The molecule has 0 amide bonds. The van der Waals surface area contributed by atoms with E-state index in [9.17, 15) is 4.57 Å². The van der Waals surface area contributed by atoms with E-state index in [1.807, 2.05) is 0 Å². The maximum Gasteiger partial charge on any atom is 0.0877 e. The van der Waals surface area contributed by atoms with Crippen LogP contribution in [0.1, 0.15) is 136 Å². The average Bonchev–Trinajstić information content (AvgIpc) is 2.71. The molecule has 0 atom stereocenters. The first-order chi connectivity index (χ1) is 13.7. The fraction of sp³-hybridized carbons (Fsp3) is 1.00. The van der Waals surface area contributed by atoms with Crippen LogP contribution in [0.3, 0.4) is 0 Å². The molecule has 0 aliphatic carbocycles. The van der Waals surface area contributed by atoms with Crippen LogP contribution < -0.4 is 0 Å². The third kappa shape index (κ3) is 22.4. The predicted molar refractivity (Wildman–Crippen MR) is 128 cm³/mol. The van der Waals surface area contributed by atoms with E-state index in [1.165, 1.54) is 116 Å². The van der Waals surface area contributed by atoms with Gasteiger partial charge < -0.3 is 4.57 Å². The Hall–Kier alpha value is 0.150. The molecule has 28 heavy (non-hydrogen) atoms. The van der Waals surface area contributed by atoms with Gasteiger partial charge >= 0.3 is 0 Å². The molecule has 0 rings (SSSR count). The third-order valence-electron chi connectivity index (χ3n) is 5.76. The highest BCUT2D eigenvalue weighted by atomic mass is 31.2. The van der Waals surface area contributed by atoms with Gasteiger partial charge in [0.15, 0.2) is 0 Å². The first kappa shape index (κ1) is 30.3. The van der Waals surface area contributed by atoms with Gasteiger partial charge in [0, 0.05) is 18.5 Å². The van der Waals surface area contributed by atoms with Crippen LogP contribution in [-0.2, 0) is 4.57 Å². The standard InChI is InChI=1S/C24H51OP.H2O2/c1-4-7-10-13-16-19-22-26(25,23-20-17-14-11-8-5-2)24-21-18-15-12-9-6-3;1-2/h4-24H2,1-3H3;1-2H. The maximum atomic E-state index is 13.5. The highest BCUT2D eigenvalue weighted by molar-refractivity contribution is 7.63. The molecule has 2 N–H and O–H groups in total. The molecule has 0 saturated heterocycles. The predicted octanol–water partition coefficient (Wildman–Crippen LogP) is 9.45. The Morgan fingerprint density at radius 2 is 0.643 bits per heavy atom. The molecule has 0 heterocycles. The molecule has 0 radical (unpaired) electrons. The molecular formula is C24H53O3P. The quantitative estimate of drug-likeness (QED) is 0.0841. The molecule has 3 nitrogen and oxygen atoms in total. The Morgan fingerprint density at radius 1 is 0.429 bits per heavy atom. The fourth-order valence-corrected chi connectivity index (χ4v) is 6.95. The number of unbranched alkanes of at least 4 members (excludes halogenated alkanes) is 15. The molecule has 0 saturated carbocycles. The van der Waals surface area contributed by atoms with Gasteiger partial charge in [0.1, 0.15) is 0 Å². The Bertz CT molecular complexity index is 273. The molecule has 172 valence electrons. The van der Waals surface area contributed by atoms with E-state index in [4.69, 9.17) is 10.5 Å². The van der Waals surface area contributed by atoms with Crippen molar-refractivity contribution < 1.29 is 15.1 Å². The zero-order valence-corrected chi connectivity index (χ0v) is 20.5. The normalized spacial score (nSPS) is 11.3. The van der Waals surface area contributed by atoms with Crippen LogP contribution in [0.15, 0.2) is 0 Å². The zero-order valence-electron chi connectivity index (χ0n) is 19.6. The largest absolute Gasteiger partial charge is 0.324 e. The van der Waals surface area contributed by atoms with Crippen molar-refractivity contribution in [3.05, 3.63) is 0 Å². The van der Waals surface area contributed by atoms with Gasteiger partial charge in [-0.3, -0.25) is 10.5 Å². The Labute approximate surface area is 177 Å². The lowest BCUT2D eigenvalue weighted by Crippen LogP contribution is -2.02. The van der Waals surface area contributed by atoms with Gasteiger partial charge in [-0.2, -0.15) is 0 Å². The van der Waals surface area contributed by atoms with Gasteiger partial charge in [-0.15, -0.1) is 0 Å². The van der Waals surface area contributed by atoms with E-state index in [1.54, 1.807) is 0 Å². The van der Waals surface area contributed by atoms with Crippen molar-refractivity contribution in [3.8, 4) is 0 Å². The molecule has 0 aromatic rings. The first-order valence-corrected chi connectivity index (χ1v) is 14.7. The lowest BCUT2D eigenvalue weighted by atomic mass is 10.1. The Morgan fingerprint density at radius 3 is 0.893 bits per heavy atom. The summed E-state index contributed by atoms with van der Waals surface area (Å²) in [5.74, 6) is 0.